The van der Waals surface area contributed by atoms with Gasteiger partial charge in [-0.25, -0.2) is 0 Å². The van der Waals surface area contributed by atoms with E-state index in [1.807, 2.05) is 32.0 Å². The number of amidine groups is 1. The van der Waals surface area contributed by atoms with Crippen molar-refractivity contribution in [3.63, 3.8) is 0 Å². The molecule has 1 amide bonds. The van der Waals surface area contributed by atoms with E-state index in [9.17, 15) is 4.79 Å². The minimum absolute atomic E-state index is 0.0279. The van der Waals surface area contributed by atoms with Crippen molar-refractivity contribution in [3.05, 3.63) is 35.4 Å². The predicted octanol–water partition coefficient (Wildman–Crippen LogP) is 1.82. The van der Waals surface area contributed by atoms with Gasteiger partial charge in [0.15, 0.2) is 5.84 Å². The number of nitrogens with zero attached hydrogens (tertiary/aromatic N) is 1. The van der Waals surface area contributed by atoms with Crippen molar-refractivity contribution in [1.29, 1.82) is 0 Å². The van der Waals surface area contributed by atoms with Gasteiger partial charge in [-0.3, -0.25) is 4.79 Å². The van der Waals surface area contributed by atoms with Crippen LogP contribution in [-0.2, 0) is 11.2 Å². The first-order valence-electron chi connectivity index (χ1n) is 6.89. The largest absolute Gasteiger partial charge is 0.409 e. The molecule has 0 aliphatic rings. The van der Waals surface area contributed by atoms with Gasteiger partial charge in [-0.2, -0.15) is 0 Å². The van der Waals surface area contributed by atoms with Crippen LogP contribution in [0.5, 0.6) is 0 Å². The van der Waals surface area contributed by atoms with Crippen LogP contribution < -0.4 is 11.1 Å². The number of hydrogen-bond donors (Lipinski definition) is 3. The number of nitrogens with one attached hydrogen (secondary N) is 1. The Kier molecular flexibility index (Phi) is 6.56. The first kappa shape index (κ1) is 16.0. The van der Waals surface area contributed by atoms with Gasteiger partial charge in [0.25, 0.3) is 0 Å². The Morgan fingerprint density at radius 3 is 2.85 bits per heavy atom. The number of carbonyl (C=O) groups excluding carboxylic acids is 1. The molecular weight excluding hydrogens is 254 g/mol. The fourth-order valence-corrected chi connectivity index (χ4v) is 2.09. The van der Waals surface area contributed by atoms with E-state index < -0.39 is 5.92 Å². The average molecular weight is 277 g/mol. The molecule has 4 N–H and O–H groups in total. The van der Waals surface area contributed by atoms with Crippen molar-refractivity contribution in [3.8, 4) is 0 Å². The van der Waals surface area contributed by atoms with Crippen molar-refractivity contribution >= 4 is 11.7 Å². The monoisotopic (exact) mass is 277 g/mol. The standard InChI is InChI=1S/C15H23N3O2/c1-3-5-13(14(16)18-20)15(19)17-9-8-12-7-4-6-11(2)10-12/h4,6-7,10,13,20H,3,5,8-9H2,1-2H3,(H2,16,18)(H,17,19). The Morgan fingerprint density at radius 1 is 1.50 bits per heavy atom. The molecule has 0 radical (unpaired) electrons. The minimum Gasteiger partial charge on any atom is -0.409 e. The zero-order chi connectivity index (χ0) is 15.0. The third-order valence-electron chi connectivity index (χ3n) is 3.16. The zero-order valence-corrected chi connectivity index (χ0v) is 12.1. The molecule has 20 heavy (non-hydrogen) atoms. The quantitative estimate of drug-likeness (QED) is 0.307. The van der Waals surface area contributed by atoms with Crippen molar-refractivity contribution in [2.75, 3.05) is 6.54 Å². The van der Waals surface area contributed by atoms with Crippen LogP contribution in [-0.4, -0.2) is 23.5 Å². The Labute approximate surface area is 119 Å². The molecule has 1 rings (SSSR count). The topological polar surface area (TPSA) is 87.7 Å². The van der Waals surface area contributed by atoms with Gasteiger partial charge in [-0.15, -0.1) is 0 Å². The maximum absolute atomic E-state index is 12.0. The lowest BCUT2D eigenvalue weighted by atomic mass is 10.0. The van der Waals surface area contributed by atoms with Crippen LogP contribution in [0, 0.1) is 12.8 Å². The summed E-state index contributed by atoms with van der Waals surface area (Å²) >= 11 is 0. The normalized spacial score (nSPS) is 13.0. The highest BCUT2D eigenvalue weighted by atomic mass is 16.4. The molecule has 0 heterocycles. The third kappa shape index (κ3) is 4.91. The number of oxime groups is 1. The number of hydrogen-bond acceptors (Lipinski definition) is 3. The van der Waals surface area contributed by atoms with Crippen LogP contribution in [0.25, 0.3) is 0 Å². The SMILES string of the molecule is CCCC(C(=O)NCCc1cccc(C)c1)C(N)=NO. The van der Waals surface area contributed by atoms with E-state index >= 15 is 0 Å². The van der Waals surface area contributed by atoms with E-state index in [4.69, 9.17) is 10.9 Å². The summed E-state index contributed by atoms with van der Waals surface area (Å²) in [6.07, 6.45) is 2.14. The van der Waals surface area contributed by atoms with Gasteiger partial charge in [0.2, 0.25) is 5.91 Å². The summed E-state index contributed by atoms with van der Waals surface area (Å²) in [5, 5.41) is 14.5. The summed E-state index contributed by atoms with van der Waals surface area (Å²) in [6, 6.07) is 8.17. The van der Waals surface area contributed by atoms with Gasteiger partial charge in [0.05, 0.1) is 5.92 Å². The molecule has 0 saturated carbocycles. The van der Waals surface area contributed by atoms with E-state index in [0.29, 0.717) is 13.0 Å². The van der Waals surface area contributed by atoms with E-state index in [-0.39, 0.29) is 11.7 Å². The van der Waals surface area contributed by atoms with Gasteiger partial charge in [0.1, 0.15) is 0 Å². The van der Waals surface area contributed by atoms with Gasteiger partial charge in [0, 0.05) is 6.54 Å². The van der Waals surface area contributed by atoms with Crippen molar-refractivity contribution < 1.29 is 10.0 Å². The molecule has 5 nitrogen and oxygen atoms in total. The molecule has 0 fully saturated rings. The number of rotatable bonds is 7. The second-order valence-electron chi connectivity index (χ2n) is 4.90. The molecule has 0 aliphatic heterocycles. The molecule has 0 bridgehead atoms. The lowest BCUT2D eigenvalue weighted by molar-refractivity contribution is -0.123. The summed E-state index contributed by atoms with van der Waals surface area (Å²) in [7, 11) is 0. The summed E-state index contributed by atoms with van der Waals surface area (Å²) in [4.78, 5) is 12.0. The van der Waals surface area contributed by atoms with Gasteiger partial charge >= 0.3 is 0 Å². The molecule has 1 atom stereocenters. The van der Waals surface area contributed by atoms with Crippen LogP contribution in [0.4, 0.5) is 0 Å². The summed E-state index contributed by atoms with van der Waals surface area (Å²) < 4.78 is 0. The zero-order valence-electron chi connectivity index (χ0n) is 12.1. The van der Waals surface area contributed by atoms with Crippen LogP contribution in [0.1, 0.15) is 30.9 Å². The number of aryl methyl sites for hydroxylation is 1. The summed E-state index contributed by atoms with van der Waals surface area (Å²) in [6.45, 7) is 4.54. The average Bonchev–Trinajstić information content (AvgIpc) is 2.44. The molecule has 110 valence electrons. The maximum atomic E-state index is 12.0. The van der Waals surface area contributed by atoms with Crippen LogP contribution >= 0.6 is 0 Å². The number of benzene rings is 1. The van der Waals surface area contributed by atoms with Crippen molar-refractivity contribution in [1.82, 2.24) is 5.32 Å². The Morgan fingerprint density at radius 2 is 2.25 bits per heavy atom. The highest BCUT2D eigenvalue weighted by Gasteiger charge is 2.21. The van der Waals surface area contributed by atoms with Crippen LogP contribution in [0.2, 0.25) is 0 Å². The lowest BCUT2D eigenvalue weighted by Crippen LogP contribution is -2.39. The minimum atomic E-state index is -0.553. The lowest BCUT2D eigenvalue weighted by Gasteiger charge is -2.14. The van der Waals surface area contributed by atoms with E-state index in [0.717, 1.165) is 12.8 Å². The van der Waals surface area contributed by atoms with Gasteiger partial charge in [-0.05, 0) is 25.3 Å². The van der Waals surface area contributed by atoms with E-state index in [1.165, 1.54) is 11.1 Å². The molecule has 0 aromatic heterocycles. The first-order valence-corrected chi connectivity index (χ1v) is 6.89. The maximum Gasteiger partial charge on any atom is 0.230 e. The Hall–Kier alpha value is -2.04. The van der Waals surface area contributed by atoms with Gasteiger partial charge in [-0.1, -0.05) is 48.3 Å². The second-order valence-corrected chi connectivity index (χ2v) is 4.90. The fraction of sp³-hybridized carbons (Fsp3) is 0.467. The highest BCUT2D eigenvalue weighted by molar-refractivity contribution is 6.02. The molecule has 0 spiro atoms. The summed E-state index contributed by atoms with van der Waals surface area (Å²) in [5.74, 6) is -0.766. The van der Waals surface area contributed by atoms with Crippen molar-refractivity contribution in [2.24, 2.45) is 16.8 Å². The molecule has 1 aromatic rings. The number of nitrogens with two attached hydrogens (primary N) is 1. The number of carbonyl (C=O) groups is 1. The van der Waals surface area contributed by atoms with Crippen molar-refractivity contribution in [2.45, 2.75) is 33.1 Å². The molecule has 1 aromatic carbocycles. The Balaban J connectivity index is 2.49. The fourth-order valence-electron chi connectivity index (χ4n) is 2.09. The first-order chi connectivity index (χ1) is 9.58. The number of amides is 1. The summed E-state index contributed by atoms with van der Waals surface area (Å²) in [5.41, 5.74) is 7.93. The third-order valence-corrected chi connectivity index (χ3v) is 3.16. The van der Waals surface area contributed by atoms with Gasteiger partial charge < -0.3 is 16.3 Å². The highest BCUT2D eigenvalue weighted by Crippen LogP contribution is 2.08. The second kappa shape index (κ2) is 8.19. The van der Waals surface area contributed by atoms with E-state index in [1.54, 1.807) is 0 Å². The smallest absolute Gasteiger partial charge is 0.230 e. The molecular formula is C15H23N3O2. The molecule has 5 heteroatoms. The molecule has 0 aliphatic carbocycles. The van der Waals surface area contributed by atoms with E-state index in [2.05, 4.69) is 16.5 Å². The molecule has 0 saturated heterocycles. The van der Waals surface area contributed by atoms with Crippen LogP contribution in [0.3, 0.4) is 0 Å². The van der Waals surface area contributed by atoms with Crippen LogP contribution in [0.15, 0.2) is 29.4 Å². The molecule has 1 unspecified atom stereocenters. The Bertz CT molecular complexity index is 472. The predicted molar refractivity (Wildman–Crippen MR) is 79.7 cm³/mol.